The number of para-hydroxylation sites is 2. The van der Waals surface area contributed by atoms with E-state index in [1.807, 2.05) is 60.7 Å². The molecule has 0 saturated carbocycles. The first-order chi connectivity index (χ1) is 23.4. The van der Waals surface area contributed by atoms with Gasteiger partial charge in [-0.2, -0.15) is 0 Å². The number of rotatable bonds is 12. The summed E-state index contributed by atoms with van der Waals surface area (Å²) in [5, 5.41) is 21.8. The maximum atomic E-state index is 10.9. The van der Waals surface area contributed by atoms with E-state index in [1.165, 1.54) is 11.1 Å². The monoisotopic (exact) mass is 794 g/mol. The molecular formula is C46H64Cl2N2O2Ti. The van der Waals surface area contributed by atoms with Crippen molar-refractivity contribution in [2.24, 2.45) is 9.98 Å². The van der Waals surface area contributed by atoms with Crippen LogP contribution in [-0.4, -0.2) is 22.6 Å². The van der Waals surface area contributed by atoms with E-state index in [4.69, 9.17) is 0 Å². The Balaban J connectivity index is 0.000000966. The van der Waals surface area contributed by atoms with Gasteiger partial charge in [0.2, 0.25) is 0 Å². The van der Waals surface area contributed by atoms with E-state index in [-0.39, 0.29) is 68.2 Å². The van der Waals surface area contributed by atoms with Gasteiger partial charge in [0.25, 0.3) is 0 Å². The molecule has 0 amide bonds. The minimum Gasteiger partial charge on any atom is -0.507 e. The topological polar surface area (TPSA) is 65.2 Å². The quantitative estimate of drug-likeness (QED) is 0.111. The van der Waals surface area contributed by atoms with Gasteiger partial charge in [-0.05, 0) is 94.9 Å². The van der Waals surface area contributed by atoms with Gasteiger partial charge in [0.05, 0.1) is 11.4 Å². The van der Waals surface area contributed by atoms with E-state index in [0.717, 1.165) is 59.3 Å². The Bertz CT molecular complexity index is 1630. The number of hydrogen-bond donors (Lipinski definition) is 2. The minimum atomic E-state index is -0.0841. The van der Waals surface area contributed by atoms with Gasteiger partial charge in [-0.1, -0.05) is 132 Å². The molecule has 0 aliphatic heterocycles. The zero-order chi connectivity index (χ0) is 37.3. The third-order valence-corrected chi connectivity index (χ3v) is 11.1. The van der Waals surface area contributed by atoms with E-state index in [9.17, 15) is 10.2 Å². The summed E-state index contributed by atoms with van der Waals surface area (Å²) in [6.07, 6.45) is 7.58. The van der Waals surface area contributed by atoms with Gasteiger partial charge in [-0.3, -0.25) is 9.98 Å². The molecule has 0 radical (unpaired) electrons. The first-order valence-electron chi connectivity index (χ1n) is 18.4. The van der Waals surface area contributed by atoms with Gasteiger partial charge in [0.1, 0.15) is 11.5 Å². The van der Waals surface area contributed by atoms with Crippen molar-refractivity contribution in [1.82, 2.24) is 0 Å². The zero-order valence-corrected chi connectivity index (χ0v) is 37.4. The molecule has 0 bridgehead atoms. The predicted molar refractivity (Wildman–Crippen MR) is 231 cm³/mol. The molecule has 0 aliphatic carbocycles. The second kappa shape index (κ2) is 21.3. The van der Waals surface area contributed by atoms with Crippen LogP contribution in [-0.2, 0) is 43.4 Å². The second-order valence-electron chi connectivity index (χ2n) is 16.1. The van der Waals surface area contributed by atoms with Crippen LogP contribution < -0.4 is 0 Å². The van der Waals surface area contributed by atoms with Crippen molar-refractivity contribution in [3.8, 4) is 11.5 Å². The molecule has 7 heteroatoms. The summed E-state index contributed by atoms with van der Waals surface area (Å²) < 4.78 is 0. The van der Waals surface area contributed by atoms with E-state index >= 15 is 0 Å². The molecule has 0 aliphatic rings. The number of aromatic hydroxyl groups is 2. The number of phenols is 2. The summed E-state index contributed by atoms with van der Waals surface area (Å²) >= 11 is 0. The molecule has 0 unspecified atom stereocenters. The Hall–Kier alpha value is -2.89. The molecule has 4 rings (SSSR count). The van der Waals surface area contributed by atoms with Crippen LogP contribution in [0.5, 0.6) is 11.5 Å². The SMILES string of the molecule is CCC(C)(C)c1cc(C=Nc2ccccc2)c(O)c(C(C)(C)CC)c1.CCC(C)(C)c1cc(C=Nc2ccccc2)c(O)c(C(C)(C)CC)c1.Cl.Cl.[Ti]. The summed E-state index contributed by atoms with van der Waals surface area (Å²) in [5.41, 5.74) is 7.81. The largest absolute Gasteiger partial charge is 0.507 e. The van der Waals surface area contributed by atoms with Crippen LogP contribution in [0.4, 0.5) is 11.4 Å². The summed E-state index contributed by atoms with van der Waals surface area (Å²) in [5.74, 6) is 0.698. The third-order valence-electron chi connectivity index (χ3n) is 11.1. The predicted octanol–water partition coefficient (Wildman–Crippen LogP) is 13.9. The molecule has 0 atom stereocenters. The zero-order valence-electron chi connectivity index (χ0n) is 34.2. The Kier molecular flexibility index (Phi) is 20.1. The van der Waals surface area contributed by atoms with E-state index < -0.39 is 0 Å². The smallest absolute Gasteiger partial charge is 0.128 e. The first-order valence-corrected chi connectivity index (χ1v) is 18.4. The Labute approximate surface area is 348 Å². The molecule has 4 aromatic rings. The van der Waals surface area contributed by atoms with Crippen molar-refractivity contribution in [1.29, 1.82) is 0 Å². The van der Waals surface area contributed by atoms with E-state index in [2.05, 4.69) is 117 Å². The number of hydrogen-bond acceptors (Lipinski definition) is 4. The Morgan fingerprint density at radius 3 is 1.02 bits per heavy atom. The molecule has 4 nitrogen and oxygen atoms in total. The van der Waals surface area contributed by atoms with Crippen LogP contribution in [0.25, 0.3) is 0 Å². The minimum absolute atomic E-state index is 0. The van der Waals surface area contributed by atoms with Crippen LogP contribution in [0.3, 0.4) is 0 Å². The van der Waals surface area contributed by atoms with Gasteiger partial charge in [0, 0.05) is 56.4 Å². The van der Waals surface area contributed by atoms with Gasteiger partial charge in [-0.15, -0.1) is 24.8 Å². The standard InChI is InChI=1S/2C23H31NO.2ClH.Ti/c2*1-7-22(3,4)18-14-17(16-24-19-12-10-9-11-13-19)21(25)20(15-18)23(5,6)8-2;;;/h2*9-16,25H,7-8H2,1-6H3;2*1H;. The van der Waals surface area contributed by atoms with Crippen LogP contribution >= 0.6 is 24.8 Å². The fraction of sp³-hybridized carbons (Fsp3) is 0.435. The molecule has 0 spiro atoms. The van der Waals surface area contributed by atoms with Crippen LogP contribution in [0.15, 0.2) is 94.9 Å². The number of aliphatic imine (C=N–C) groups is 2. The maximum Gasteiger partial charge on any atom is 0.128 e. The van der Waals surface area contributed by atoms with Crippen molar-refractivity contribution in [2.75, 3.05) is 0 Å². The van der Waals surface area contributed by atoms with Crippen molar-refractivity contribution in [2.45, 2.75) is 130 Å². The Morgan fingerprint density at radius 1 is 0.472 bits per heavy atom. The second-order valence-corrected chi connectivity index (χ2v) is 16.1. The van der Waals surface area contributed by atoms with Crippen molar-refractivity contribution in [3.05, 3.63) is 118 Å². The van der Waals surface area contributed by atoms with Crippen molar-refractivity contribution in [3.63, 3.8) is 0 Å². The molecule has 0 aromatic heterocycles. The summed E-state index contributed by atoms with van der Waals surface area (Å²) in [7, 11) is 0. The number of halogens is 2. The van der Waals surface area contributed by atoms with Crippen LogP contribution in [0.2, 0.25) is 0 Å². The molecule has 0 fully saturated rings. The van der Waals surface area contributed by atoms with Gasteiger partial charge < -0.3 is 10.2 Å². The third kappa shape index (κ3) is 13.1. The number of phenolic OH excluding ortho intramolecular Hbond substituents is 2. The van der Waals surface area contributed by atoms with E-state index in [0.29, 0.717) is 11.5 Å². The average molecular weight is 796 g/mol. The van der Waals surface area contributed by atoms with Gasteiger partial charge >= 0.3 is 0 Å². The van der Waals surface area contributed by atoms with E-state index in [1.54, 1.807) is 12.4 Å². The fourth-order valence-electron chi connectivity index (χ4n) is 5.43. The Morgan fingerprint density at radius 2 is 0.755 bits per heavy atom. The average Bonchev–Trinajstić information content (AvgIpc) is 3.11. The normalized spacial score (nSPS) is 12.0. The van der Waals surface area contributed by atoms with Crippen molar-refractivity contribution >= 4 is 48.6 Å². The number of nitrogens with zero attached hydrogens (tertiary/aromatic N) is 2. The first kappa shape index (κ1) is 50.1. The molecular weight excluding hydrogens is 731 g/mol. The molecule has 288 valence electrons. The number of benzene rings is 4. The van der Waals surface area contributed by atoms with Gasteiger partial charge in [0.15, 0.2) is 0 Å². The molecule has 53 heavy (non-hydrogen) atoms. The van der Waals surface area contributed by atoms with Gasteiger partial charge in [-0.25, -0.2) is 0 Å². The summed E-state index contributed by atoms with van der Waals surface area (Å²) in [6, 6.07) is 28.2. The molecule has 4 aromatic carbocycles. The van der Waals surface area contributed by atoms with Crippen LogP contribution in [0, 0.1) is 0 Å². The molecule has 0 heterocycles. The molecule has 2 N–H and O–H groups in total. The maximum absolute atomic E-state index is 10.9. The molecule has 0 saturated heterocycles. The summed E-state index contributed by atoms with van der Waals surface area (Å²) in [6.45, 7) is 26.5. The van der Waals surface area contributed by atoms with Crippen molar-refractivity contribution < 1.29 is 31.9 Å². The fourth-order valence-corrected chi connectivity index (χ4v) is 5.43. The summed E-state index contributed by atoms with van der Waals surface area (Å²) in [4.78, 5) is 9.10. The van der Waals surface area contributed by atoms with Crippen LogP contribution in [0.1, 0.15) is 142 Å².